The first-order valence-corrected chi connectivity index (χ1v) is 15.7. The van der Waals surface area contributed by atoms with E-state index < -0.39 is 58.9 Å². The molecule has 47 heavy (non-hydrogen) atoms. The van der Waals surface area contributed by atoms with E-state index in [0.717, 1.165) is 17.7 Å². The van der Waals surface area contributed by atoms with Crippen molar-refractivity contribution in [3.8, 4) is 5.75 Å². The molecule has 2 saturated heterocycles. The maximum atomic E-state index is 14.2. The first-order chi connectivity index (χ1) is 22.0. The monoisotopic (exact) mass is 658 g/mol. The van der Waals surface area contributed by atoms with Gasteiger partial charge in [0.25, 0.3) is 0 Å². The average molecular weight is 659 g/mol. The smallest absolute Gasteiger partial charge is 0.408 e. The average Bonchev–Trinajstić information content (AvgIpc) is 3.58. The number of carbonyl (C=O) groups is 4. The first-order valence-electron chi connectivity index (χ1n) is 15.7. The Balaban J connectivity index is 1.50. The molecule has 2 aliphatic rings. The van der Waals surface area contributed by atoms with Crippen molar-refractivity contribution in [1.82, 2.24) is 20.4 Å². The Morgan fingerprint density at radius 3 is 2.28 bits per heavy atom. The zero-order valence-corrected chi connectivity index (χ0v) is 27.7. The van der Waals surface area contributed by atoms with Crippen LogP contribution in [0.25, 0.3) is 0 Å². The van der Waals surface area contributed by atoms with Crippen LogP contribution in [0.2, 0.25) is 0 Å². The van der Waals surface area contributed by atoms with E-state index in [1.807, 2.05) is 51.1 Å². The van der Waals surface area contributed by atoms with Crippen molar-refractivity contribution >= 4 is 24.0 Å². The van der Waals surface area contributed by atoms with E-state index in [4.69, 9.17) is 14.2 Å². The summed E-state index contributed by atoms with van der Waals surface area (Å²) in [4.78, 5) is 56.0. The zero-order chi connectivity index (χ0) is 34.5. The van der Waals surface area contributed by atoms with E-state index in [1.165, 1.54) is 6.07 Å². The second kappa shape index (κ2) is 14.6. The lowest BCUT2D eigenvalue weighted by molar-refractivity contribution is -0.138. The molecule has 4 amide bonds. The van der Waals surface area contributed by atoms with Crippen molar-refractivity contribution in [2.24, 2.45) is 11.3 Å². The summed E-state index contributed by atoms with van der Waals surface area (Å²) in [6.07, 6.45) is -1.03. The van der Waals surface area contributed by atoms with Gasteiger partial charge in [-0.3, -0.25) is 9.59 Å². The molecule has 256 valence electrons. The van der Waals surface area contributed by atoms with E-state index >= 15 is 0 Å². The highest BCUT2D eigenvalue weighted by atomic mass is 19.2. The summed E-state index contributed by atoms with van der Waals surface area (Å²) < 4.78 is 43.9. The summed E-state index contributed by atoms with van der Waals surface area (Å²) in [5.41, 5.74) is -0.669. The summed E-state index contributed by atoms with van der Waals surface area (Å²) in [6, 6.07) is 10.5. The lowest BCUT2D eigenvalue weighted by Crippen LogP contribution is -2.57. The number of halogens is 2. The summed E-state index contributed by atoms with van der Waals surface area (Å²) in [5, 5.41) is 5.25. The van der Waals surface area contributed by atoms with Crippen molar-refractivity contribution in [2.45, 2.75) is 78.3 Å². The Morgan fingerprint density at radius 1 is 0.936 bits per heavy atom. The van der Waals surface area contributed by atoms with Crippen LogP contribution in [0.1, 0.15) is 53.5 Å². The van der Waals surface area contributed by atoms with Gasteiger partial charge in [0.05, 0.1) is 18.7 Å². The molecule has 0 saturated carbocycles. The normalized spacial score (nSPS) is 19.9. The molecule has 2 heterocycles. The Morgan fingerprint density at radius 2 is 1.64 bits per heavy atom. The SMILES string of the molecule is CC(C)(C)OC(=O)NC(C(=O)N1CC[C@@H]2[C@H]1[C@@H](COc1ccc(F)c(F)c1)CN2C(=O)CNC(=O)OCc1ccccc1)C(C)(C)C. The van der Waals surface area contributed by atoms with E-state index in [9.17, 15) is 28.0 Å². The zero-order valence-electron chi connectivity index (χ0n) is 27.7. The third-order valence-electron chi connectivity index (χ3n) is 8.06. The lowest BCUT2D eigenvalue weighted by Gasteiger charge is -2.37. The molecular formula is C34H44F2N4O7. The van der Waals surface area contributed by atoms with Crippen LogP contribution >= 0.6 is 0 Å². The number of carbonyl (C=O) groups excluding carboxylic acids is 4. The highest BCUT2D eigenvalue weighted by Gasteiger charge is 2.53. The predicted molar refractivity (Wildman–Crippen MR) is 168 cm³/mol. The summed E-state index contributed by atoms with van der Waals surface area (Å²) in [7, 11) is 0. The number of nitrogens with zero attached hydrogens (tertiary/aromatic N) is 2. The van der Waals surface area contributed by atoms with Gasteiger partial charge in [0.2, 0.25) is 11.8 Å². The molecule has 0 spiro atoms. The number of amides is 4. The van der Waals surface area contributed by atoms with Gasteiger partial charge in [-0.2, -0.15) is 0 Å². The lowest BCUT2D eigenvalue weighted by atomic mass is 9.85. The Hall–Kier alpha value is -4.42. The van der Waals surface area contributed by atoms with Gasteiger partial charge in [-0.05, 0) is 50.3 Å². The van der Waals surface area contributed by atoms with Crippen molar-refractivity contribution in [3.63, 3.8) is 0 Å². The van der Waals surface area contributed by atoms with Gasteiger partial charge >= 0.3 is 12.2 Å². The van der Waals surface area contributed by atoms with Gasteiger partial charge in [0.15, 0.2) is 11.6 Å². The second-order valence-corrected chi connectivity index (χ2v) is 13.9. The van der Waals surface area contributed by atoms with Crippen LogP contribution in [-0.2, 0) is 25.7 Å². The van der Waals surface area contributed by atoms with E-state index in [0.29, 0.717) is 13.0 Å². The van der Waals surface area contributed by atoms with Crippen molar-refractivity contribution in [2.75, 3.05) is 26.2 Å². The fraction of sp³-hybridized carbons (Fsp3) is 0.529. The summed E-state index contributed by atoms with van der Waals surface area (Å²) in [6.45, 7) is 10.9. The molecule has 0 aromatic heterocycles. The Bertz CT molecular complexity index is 1440. The van der Waals surface area contributed by atoms with E-state index in [-0.39, 0.29) is 43.9 Å². The van der Waals surface area contributed by atoms with Gasteiger partial charge in [0.1, 0.15) is 30.5 Å². The predicted octanol–water partition coefficient (Wildman–Crippen LogP) is 4.64. The number of fused-ring (bicyclic) bond motifs is 1. The van der Waals surface area contributed by atoms with E-state index in [2.05, 4.69) is 10.6 Å². The van der Waals surface area contributed by atoms with Gasteiger partial charge in [-0.15, -0.1) is 0 Å². The van der Waals surface area contributed by atoms with Crippen LogP contribution < -0.4 is 15.4 Å². The molecule has 2 aromatic rings. The number of hydrogen-bond acceptors (Lipinski definition) is 7. The van der Waals surface area contributed by atoms with Crippen LogP contribution in [0.5, 0.6) is 5.75 Å². The number of rotatable bonds is 9. The van der Waals surface area contributed by atoms with Crippen molar-refractivity contribution in [1.29, 1.82) is 0 Å². The van der Waals surface area contributed by atoms with Crippen LogP contribution in [0, 0.1) is 23.0 Å². The third kappa shape index (κ3) is 9.32. The van der Waals surface area contributed by atoms with E-state index in [1.54, 1.807) is 30.6 Å². The summed E-state index contributed by atoms with van der Waals surface area (Å²) in [5.74, 6) is -3.11. The highest BCUT2D eigenvalue weighted by molar-refractivity contribution is 5.88. The molecule has 11 nitrogen and oxygen atoms in total. The van der Waals surface area contributed by atoms with Crippen LogP contribution in [-0.4, -0.2) is 83.8 Å². The molecule has 0 bridgehead atoms. The fourth-order valence-corrected chi connectivity index (χ4v) is 5.93. The number of ether oxygens (including phenoxy) is 3. The topological polar surface area (TPSA) is 127 Å². The molecule has 2 aliphatic heterocycles. The van der Waals surface area contributed by atoms with Crippen molar-refractivity contribution < 1.29 is 42.2 Å². The molecule has 0 radical (unpaired) electrons. The Labute approximate surface area is 273 Å². The second-order valence-electron chi connectivity index (χ2n) is 13.9. The largest absolute Gasteiger partial charge is 0.493 e. The third-order valence-corrected chi connectivity index (χ3v) is 8.06. The minimum Gasteiger partial charge on any atom is -0.493 e. The molecule has 2 N–H and O–H groups in total. The van der Waals surface area contributed by atoms with Crippen molar-refractivity contribution in [3.05, 3.63) is 65.7 Å². The molecule has 2 fully saturated rings. The van der Waals surface area contributed by atoms with Gasteiger partial charge < -0.3 is 34.6 Å². The molecule has 4 rings (SSSR count). The molecular weight excluding hydrogens is 614 g/mol. The molecule has 1 unspecified atom stereocenters. The quantitative estimate of drug-likeness (QED) is 0.402. The molecule has 0 aliphatic carbocycles. The first kappa shape index (κ1) is 35.4. The minimum absolute atomic E-state index is 0.00791. The number of alkyl carbamates (subject to hydrolysis) is 2. The highest BCUT2D eigenvalue weighted by Crippen LogP contribution is 2.38. The fourth-order valence-electron chi connectivity index (χ4n) is 5.93. The maximum Gasteiger partial charge on any atom is 0.408 e. The standard InChI is InChI=1S/C34H44F2N4O7/c1-33(2,3)29(38-32(44)47-34(4,5)6)30(42)39-15-14-26-28(39)22(20-45-23-12-13-24(35)25(36)16-23)18-40(26)27(41)17-37-31(43)46-19-21-10-8-7-9-11-21/h7-13,16,22,26,28-29H,14-15,17-20H2,1-6H3,(H,37,43)(H,38,44)/t22-,26-,28-,29?/m1/s1. The van der Waals surface area contributed by atoms with Gasteiger partial charge in [-0.1, -0.05) is 51.1 Å². The van der Waals surface area contributed by atoms with Crippen LogP contribution in [0.4, 0.5) is 18.4 Å². The number of likely N-dealkylation sites (tertiary alicyclic amines) is 2. The maximum absolute atomic E-state index is 14.2. The number of hydrogen-bond donors (Lipinski definition) is 2. The number of benzene rings is 2. The Kier molecular flexibility index (Phi) is 11.0. The van der Waals surface area contributed by atoms with Gasteiger partial charge in [-0.25, -0.2) is 18.4 Å². The van der Waals surface area contributed by atoms with Crippen LogP contribution in [0.15, 0.2) is 48.5 Å². The number of nitrogens with one attached hydrogen (secondary N) is 2. The molecule has 13 heteroatoms. The molecule has 2 aromatic carbocycles. The summed E-state index contributed by atoms with van der Waals surface area (Å²) >= 11 is 0. The minimum atomic E-state index is -1.06. The van der Waals surface area contributed by atoms with Gasteiger partial charge in [0, 0.05) is 25.1 Å². The molecule has 4 atom stereocenters. The van der Waals surface area contributed by atoms with Crippen LogP contribution in [0.3, 0.4) is 0 Å².